The maximum absolute atomic E-state index is 11.8. The standard InChI is InChI=1S/C12H15N3O3S2/c1-9-7-12(18-14-9)15-20(16,17)6-5-19-11-4-2-3-10(13)8-11/h2-4,7-8,15H,5-6,13H2,1H3. The lowest BCUT2D eigenvalue weighted by Gasteiger charge is -2.05. The number of aryl methyl sites for hydroxylation is 1. The number of rotatable bonds is 6. The van der Waals surface area contributed by atoms with Crippen molar-refractivity contribution in [2.45, 2.75) is 11.8 Å². The highest BCUT2D eigenvalue weighted by Gasteiger charge is 2.13. The van der Waals surface area contributed by atoms with Gasteiger partial charge in [0, 0.05) is 22.4 Å². The van der Waals surface area contributed by atoms with Crippen molar-refractivity contribution in [1.82, 2.24) is 5.16 Å². The van der Waals surface area contributed by atoms with Crippen molar-refractivity contribution in [3.63, 3.8) is 0 Å². The summed E-state index contributed by atoms with van der Waals surface area (Å²) in [5.41, 5.74) is 6.94. The Balaban J connectivity index is 1.86. The normalized spacial score (nSPS) is 11.4. The second-order valence-corrected chi connectivity index (χ2v) is 7.18. The van der Waals surface area contributed by atoms with Gasteiger partial charge in [-0.1, -0.05) is 11.2 Å². The molecule has 108 valence electrons. The van der Waals surface area contributed by atoms with Gasteiger partial charge in [-0.15, -0.1) is 11.8 Å². The summed E-state index contributed by atoms with van der Waals surface area (Å²) in [6.07, 6.45) is 0. The molecule has 1 aromatic carbocycles. The van der Waals surface area contributed by atoms with Gasteiger partial charge in [0.1, 0.15) is 0 Å². The fourth-order valence-corrected chi connectivity index (χ4v) is 3.84. The Morgan fingerprint density at radius 1 is 1.40 bits per heavy atom. The first kappa shape index (κ1) is 14.7. The number of thioether (sulfide) groups is 1. The lowest BCUT2D eigenvalue weighted by Crippen LogP contribution is -2.17. The van der Waals surface area contributed by atoms with E-state index in [1.165, 1.54) is 17.8 Å². The van der Waals surface area contributed by atoms with Crippen LogP contribution in [0, 0.1) is 6.92 Å². The number of anilines is 2. The van der Waals surface area contributed by atoms with Crippen LogP contribution in [0.25, 0.3) is 0 Å². The zero-order valence-electron chi connectivity index (χ0n) is 10.9. The molecule has 0 atom stereocenters. The predicted octanol–water partition coefficient (Wildman–Crippen LogP) is 2.10. The number of benzene rings is 1. The van der Waals surface area contributed by atoms with Gasteiger partial charge in [0.15, 0.2) is 0 Å². The van der Waals surface area contributed by atoms with E-state index < -0.39 is 10.0 Å². The average Bonchev–Trinajstić information content (AvgIpc) is 2.73. The molecule has 0 radical (unpaired) electrons. The van der Waals surface area contributed by atoms with Gasteiger partial charge < -0.3 is 10.3 Å². The minimum absolute atomic E-state index is 0.0216. The monoisotopic (exact) mass is 313 g/mol. The van der Waals surface area contributed by atoms with E-state index >= 15 is 0 Å². The third-order valence-corrected chi connectivity index (χ3v) is 4.87. The van der Waals surface area contributed by atoms with Crippen LogP contribution in [-0.4, -0.2) is 25.1 Å². The van der Waals surface area contributed by atoms with E-state index in [4.69, 9.17) is 10.3 Å². The molecule has 2 rings (SSSR count). The molecule has 0 saturated carbocycles. The quantitative estimate of drug-likeness (QED) is 0.626. The van der Waals surface area contributed by atoms with Crippen molar-refractivity contribution < 1.29 is 12.9 Å². The minimum Gasteiger partial charge on any atom is -0.399 e. The lowest BCUT2D eigenvalue weighted by atomic mass is 10.3. The van der Waals surface area contributed by atoms with Crippen LogP contribution in [0.3, 0.4) is 0 Å². The number of nitrogens with one attached hydrogen (secondary N) is 1. The summed E-state index contributed by atoms with van der Waals surface area (Å²) in [7, 11) is -3.44. The molecular formula is C12H15N3O3S2. The molecule has 20 heavy (non-hydrogen) atoms. The summed E-state index contributed by atoms with van der Waals surface area (Å²) < 4.78 is 30.8. The molecule has 1 heterocycles. The highest BCUT2D eigenvalue weighted by atomic mass is 32.2. The first-order valence-corrected chi connectivity index (χ1v) is 8.50. The van der Waals surface area contributed by atoms with Gasteiger partial charge >= 0.3 is 0 Å². The SMILES string of the molecule is Cc1cc(NS(=O)(=O)CCSc2cccc(N)c2)on1. The Morgan fingerprint density at radius 3 is 2.85 bits per heavy atom. The number of nitrogens with two attached hydrogens (primary N) is 1. The largest absolute Gasteiger partial charge is 0.399 e. The smallest absolute Gasteiger partial charge is 0.238 e. The minimum atomic E-state index is -3.44. The van der Waals surface area contributed by atoms with E-state index in [0.717, 1.165) is 4.90 Å². The molecule has 3 N–H and O–H groups in total. The topological polar surface area (TPSA) is 98.2 Å². The molecule has 0 bridgehead atoms. The summed E-state index contributed by atoms with van der Waals surface area (Å²) in [4.78, 5) is 0.940. The van der Waals surface area contributed by atoms with Crippen molar-refractivity contribution >= 4 is 33.4 Å². The van der Waals surface area contributed by atoms with Crippen LogP contribution >= 0.6 is 11.8 Å². The molecule has 0 spiro atoms. The second kappa shape index (κ2) is 6.19. The fourth-order valence-electron chi connectivity index (χ4n) is 1.49. The van der Waals surface area contributed by atoms with E-state index in [2.05, 4.69) is 9.88 Å². The second-order valence-electron chi connectivity index (χ2n) is 4.17. The van der Waals surface area contributed by atoms with Crippen LogP contribution in [0.2, 0.25) is 0 Å². The van der Waals surface area contributed by atoms with Crippen molar-refractivity contribution in [2.24, 2.45) is 0 Å². The van der Waals surface area contributed by atoms with E-state index in [1.54, 1.807) is 13.0 Å². The Labute approximate surface area is 121 Å². The van der Waals surface area contributed by atoms with Gasteiger partial charge in [-0.2, -0.15) is 0 Å². The van der Waals surface area contributed by atoms with Gasteiger partial charge in [0.25, 0.3) is 0 Å². The predicted molar refractivity (Wildman–Crippen MR) is 80.2 cm³/mol. The van der Waals surface area contributed by atoms with Crippen LogP contribution in [-0.2, 0) is 10.0 Å². The van der Waals surface area contributed by atoms with Gasteiger partial charge in [0.2, 0.25) is 15.9 Å². The molecular weight excluding hydrogens is 298 g/mol. The molecule has 8 heteroatoms. The molecule has 0 aliphatic carbocycles. The molecule has 2 aromatic rings. The van der Waals surface area contributed by atoms with Gasteiger partial charge in [-0.25, -0.2) is 8.42 Å². The van der Waals surface area contributed by atoms with Gasteiger partial charge in [0.05, 0.1) is 11.4 Å². The van der Waals surface area contributed by atoms with Crippen LogP contribution < -0.4 is 10.5 Å². The van der Waals surface area contributed by atoms with Gasteiger partial charge in [-0.3, -0.25) is 4.72 Å². The first-order valence-electron chi connectivity index (χ1n) is 5.87. The number of hydrogen-bond acceptors (Lipinski definition) is 6. The Hall–Kier alpha value is -1.67. The number of nitrogens with zero attached hydrogens (tertiary/aromatic N) is 1. The fraction of sp³-hybridized carbons (Fsp3) is 0.250. The number of nitrogen functional groups attached to an aromatic ring is 1. The molecule has 0 fully saturated rings. The van der Waals surface area contributed by atoms with E-state index in [9.17, 15) is 8.42 Å². The molecule has 6 nitrogen and oxygen atoms in total. The van der Waals surface area contributed by atoms with Crippen LogP contribution in [0.15, 0.2) is 39.8 Å². The zero-order valence-corrected chi connectivity index (χ0v) is 12.5. The summed E-state index contributed by atoms with van der Waals surface area (Å²) in [6, 6.07) is 8.85. The molecule has 0 aliphatic rings. The van der Waals surface area contributed by atoms with E-state index in [-0.39, 0.29) is 11.6 Å². The number of hydrogen-bond donors (Lipinski definition) is 2. The van der Waals surface area contributed by atoms with Crippen molar-refractivity contribution in [3.05, 3.63) is 36.0 Å². The third kappa shape index (κ3) is 4.46. The van der Waals surface area contributed by atoms with Gasteiger partial charge in [-0.05, 0) is 25.1 Å². The first-order chi connectivity index (χ1) is 9.44. The lowest BCUT2D eigenvalue weighted by molar-refractivity contribution is 0.430. The van der Waals surface area contributed by atoms with Crippen molar-refractivity contribution in [1.29, 1.82) is 0 Å². The number of sulfonamides is 1. The van der Waals surface area contributed by atoms with E-state index in [1.807, 2.05) is 18.2 Å². The Morgan fingerprint density at radius 2 is 2.20 bits per heavy atom. The highest BCUT2D eigenvalue weighted by molar-refractivity contribution is 8.01. The summed E-state index contributed by atoms with van der Waals surface area (Å²) >= 11 is 1.43. The molecule has 0 aliphatic heterocycles. The molecule has 0 unspecified atom stereocenters. The van der Waals surface area contributed by atoms with Crippen molar-refractivity contribution in [3.8, 4) is 0 Å². The summed E-state index contributed by atoms with van der Waals surface area (Å²) in [5, 5.41) is 3.62. The van der Waals surface area contributed by atoms with Crippen LogP contribution in [0.1, 0.15) is 5.69 Å². The van der Waals surface area contributed by atoms with E-state index in [0.29, 0.717) is 17.1 Å². The maximum Gasteiger partial charge on any atom is 0.238 e. The summed E-state index contributed by atoms with van der Waals surface area (Å²) in [6.45, 7) is 1.72. The Bertz CT molecular complexity index is 683. The van der Waals surface area contributed by atoms with Crippen molar-refractivity contribution in [2.75, 3.05) is 22.0 Å². The highest BCUT2D eigenvalue weighted by Crippen LogP contribution is 2.20. The average molecular weight is 313 g/mol. The molecule has 1 aromatic heterocycles. The van der Waals surface area contributed by atoms with Crippen LogP contribution in [0.5, 0.6) is 0 Å². The van der Waals surface area contributed by atoms with Crippen LogP contribution in [0.4, 0.5) is 11.6 Å². The summed E-state index contributed by atoms with van der Waals surface area (Å²) in [5.74, 6) is 0.537. The molecule has 0 saturated heterocycles. The molecule has 0 amide bonds. The Kier molecular flexibility index (Phi) is 4.56. The third-order valence-electron chi connectivity index (χ3n) is 2.36. The maximum atomic E-state index is 11.8. The number of aromatic nitrogens is 1. The zero-order chi connectivity index (χ0) is 14.6.